The molecule has 0 aromatic heterocycles. The van der Waals surface area contributed by atoms with E-state index in [1.165, 1.54) is 51.4 Å². The van der Waals surface area contributed by atoms with Crippen molar-refractivity contribution in [1.82, 2.24) is 5.32 Å². The molecule has 0 aliphatic heterocycles. The molecule has 18 heavy (non-hydrogen) atoms. The van der Waals surface area contributed by atoms with Crippen molar-refractivity contribution in [1.29, 1.82) is 0 Å². The Kier molecular flexibility index (Phi) is 14.8. The van der Waals surface area contributed by atoms with E-state index in [0.717, 1.165) is 6.54 Å². The largest absolute Gasteiger partial charge is 0.394 e. The topological polar surface area (TPSA) is 41.5 Å². The fraction of sp³-hybridized carbons (Fsp3) is 1.00. The summed E-state index contributed by atoms with van der Waals surface area (Å²) in [6.07, 6.45) is 10.5. The minimum absolute atomic E-state index is 0.121. The van der Waals surface area contributed by atoms with E-state index >= 15 is 0 Å². The van der Waals surface area contributed by atoms with Crippen LogP contribution in [0.2, 0.25) is 0 Å². The first-order valence-electron chi connectivity index (χ1n) is 7.77. The van der Waals surface area contributed by atoms with E-state index < -0.39 is 0 Å². The zero-order valence-corrected chi connectivity index (χ0v) is 12.4. The maximum Gasteiger partial charge on any atom is 0.0698 e. The fourth-order valence-corrected chi connectivity index (χ4v) is 2.13. The lowest BCUT2D eigenvalue weighted by atomic mass is 10.0. The van der Waals surface area contributed by atoms with Crippen LogP contribution in [0.1, 0.15) is 65.2 Å². The first-order chi connectivity index (χ1) is 8.85. The molecule has 110 valence electrons. The maximum atomic E-state index is 8.62. The average molecular weight is 259 g/mol. The van der Waals surface area contributed by atoms with Crippen LogP contribution in [0.4, 0.5) is 0 Å². The van der Waals surface area contributed by atoms with Crippen molar-refractivity contribution in [2.75, 3.05) is 26.4 Å². The van der Waals surface area contributed by atoms with Gasteiger partial charge >= 0.3 is 0 Å². The summed E-state index contributed by atoms with van der Waals surface area (Å²) in [5.41, 5.74) is 0. The van der Waals surface area contributed by atoms with Crippen LogP contribution in [-0.2, 0) is 4.74 Å². The highest BCUT2D eigenvalue weighted by Gasteiger charge is 2.06. The van der Waals surface area contributed by atoms with E-state index in [0.29, 0.717) is 19.3 Å². The Bertz CT molecular complexity index is 143. The van der Waals surface area contributed by atoms with E-state index in [4.69, 9.17) is 9.84 Å². The lowest BCUT2D eigenvalue weighted by Crippen LogP contribution is -2.32. The van der Waals surface area contributed by atoms with Crippen molar-refractivity contribution < 1.29 is 9.84 Å². The number of ether oxygens (including phenoxy) is 1. The lowest BCUT2D eigenvalue weighted by molar-refractivity contribution is 0.0921. The fourth-order valence-electron chi connectivity index (χ4n) is 2.13. The van der Waals surface area contributed by atoms with Crippen LogP contribution in [-0.4, -0.2) is 37.5 Å². The maximum absolute atomic E-state index is 8.62. The molecular formula is C15H33NO2. The summed E-state index contributed by atoms with van der Waals surface area (Å²) >= 11 is 0. The summed E-state index contributed by atoms with van der Waals surface area (Å²) in [6, 6.07) is 0.654. The molecule has 3 heteroatoms. The van der Waals surface area contributed by atoms with Crippen LogP contribution in [0.5, 0.6) is 0 Å². The molecule has 0 rings (SSSR count). The monoisotopic (exact) mass is 259 g/mol. The first-order valence-corrected chi connectivity index (χ1v) is 7.77. The van der Waals surface area contributed by atoms with Crippen molar-refractivity contribution in [3.8, 4) is 0 Å². The molecule has 0 saturated carbocycles. The molecule has 0 aliphatic rings. The smallest absolute Gasteiger partial charge is 0.0698 e. The van der Waals surface area contributed by atoms with E-state index in [2.05, 4.69) is 19.2 Å². The number of aliphatic hydroxyl groups is 1. The lowest BCUT2D eigenvalue weighted by Gasteiger charge is -2.18. The summed E-state index contributed by atoms with van der Waals surface area (Å²) in [6.45, 7) is 6.69. The van der Waals surface area contributed by atoms with Crippen molar-refractivity contribution in [2.24, 2.45) is 0 Å². The molecule has 0 spiro atoms. The minimum Gasteiger partial charge on any atom is -0.394 e. The zero-order chi connectivity index (χ0) is 13.5. The Morgan fingerprint density at radius 1 is 0.944 bits per heavy atom. The van der Waals surface area contributed by atoms with Crippen LogP contribution >= 0.6 is 0 Å². The third-order valence-electron chi connectivity index (χ3n) is 3.23. The summed E-state index contributed by atoms with van der Waals surface area (Å²) in [5.74, 6) is 0. The van der Waals surface area contributed by atoms with Crippen LogP contribution in [0.3, 0.4) is 0 Å². The SMILES string of the molecule is CCCCCC(CCCCC)NCCOCCO. The van der Waals surface area contributed by atoms with Gasteiger partial charge in [0.05, 0.1) is 19.8 Å². The predicted octanol–water partition coefficient (Wildman–Crippen LogP) is 3.11. The summed E-state index contributed by atoms with van der Waals surface area (Å²) in [4.78, 5) is 0. The summed E-state index contributed by atoms with van der Waals surface area (Å²) in [5, 5.41) is 12.2. The molecule has 0 fully saturated rings. The van der Waals surface area contributed by atoms with E-state index in [1.807, 2.05) is 0 Å². The zero-order valence-electron chi connectivity index (χ0n) is 12.4. The second kappa shape index (κ2) is 14.9. The molecule has 0 amide bonds. The van der Waals surface area contributed by atoms with Gasteiger partial charge in [-0.3, -0.25) is 0 Å². The molecule has 3 nitrogen and oxygen atoms in total. The van der Waals surface area contributed by atoms with Gasteiger partial charge in [-0.15, -0.1) is 0 Å². The quantitative estimate of drug-likeness (QED) is 0.471. The van der Waals surface area contributed by atoms with Crippen molar-refractivity contribution in [3.63, 3.8) is 0 Å². The van der Waals surface area contributed by atoms with Gasteiger partial charge in [0.2, 0.25) is 0 Å². The van der Waals surface area contributed by atoms with Gasteiger partial charge < -0.3 is 15.2 Å². The van der Waals surface area contributed by atoms with Gasteiger partial charge in [-0.05, 0) is 12.8 Å². The van der Waals surface area contributed by atoms with Crippen LogP contribution in [0.15, 0.2) is 0 Å². The molecule has 0 heterocycles. The van der Waals surface area contributed by atoms with Gasteiger partial charge in [0.15, 0.2) is 0 Å². The minimum atomic E-state index is 0.121. The molecule has 0 aromatic rings. The third kappa shape index (κ3) is 12.3. The summed E-state index contributed by atoms with van der Waals surface area (Å²) in [7, 11) is 0. The van der Waals surface area contributed by atoms with E-state index in [9.17, 15) is 0 Å². The van der Waals surface area contributed by atoms with Crippen molar-refractivity contribution >= 4 is 0 Å². The Hall–Kier alpha value is -0.120. The van der Waals surface area contributed by atoms with Gasteiger partial charge in [0.1, 0.15) is 0 Å². The Labute approximate surface area is 113 Å². The Morgan fingerprint density at radius 2 is 1.56 bits per heavy atom. The van der Waals surface area contributed by atoms with Crippen molar-refractivity contribution in [3.05, 3.63) is 0 Å². The number of unbranched alkanes of at least 4 members (excludes halogenated alkanes) is 4. The van der Waals surface area contributed by atoms with Crippen LogP contribution in [0.25, 0.3) is 0 Å². The summed E-state index contributed by atoms with van der Waals surface area (Å²) < 4.78 is 5.27. The van der Waals surface area contributed by atoms with Gasteiger partial charge in [0.25, 0.3) is 0 Å². The molecule has 0 aromatic carbocycles. The van der Waals surface area contributed by atoms with Crippen LogP contribution < -0.4 is 5.32 Å². The van der Waals surface area contributed by atoms with E-state index in [-0.39, 0.29) is 6.61 Å². The van der Waals surface area contributed by atoms with Gasteiger partial charge in [0, 0.05) is 12.6 Å². The third-order valence-corrected chi connectivity index (χ3v) is 3.23. The highest BCUT2D eigenvalue weighted by atomic mass is 16.5. The first kappa shape index (κ1) is 17.9. The van der Waals surface area contributed by atoms with Crippen LogP contribution in [0, 0.1) is 0 Å². The van der Waals surface area contributed by atoms with Gasteiger partial charge in [-0.25, -0.2) is 0 Å². The normalized spacial score (nSPS) is 11.3. The van der Waals surface area contributed by atoms with Crippen molar-refractivity contribution in [2.45, 2.75) is 71.3 Å². The molecule has 2 N–H and O–H groups in total. The molecule has 0 atom stereocenters. The number of aliphatic hydroxyl groups excluding tert-OH is 1. The standard InChI is InChI=1S/C15H33NO2/c1-3-5-7-9-15(10-8-6-4-2)16-11-13-18-14-12-17/h15-17H,3-14H2,1-2H3. The number of hydrogen-bond donors (Lipinski definition) is 2. The highest BCUT2D eigenvalue weighted by molar-refractivity contribution is 4.67. The molecule has 0 aliphatic carbocycles. The van der Waals surface area contributed by atoms with Gasteiger partial charge in [-0.2, -0.15) is 0 Å². The second-order valence-corrected chi connectivity index (χ2v) is 4.98. The molecule has 0 unspecified atom stereocenters. The molecular weight excluding hydrogens is 226 g/mol. The molecule has 0 bridgehead atoms. The number of rotatable bonds is 14. The second-order valence-electron chi connectivity index (χ2n) is 4.98. The number of hydrogen-bond acceptors (Lipinski definition) is 3. The van der Waals surface area contributed by atoms with Gasteiger partial charge in [-0.1, -0.05) is 52.4 Å². The number of nitrogens with one attached hydrogen (secondary N) is 1. The molecule has 0 radical (unpaired) electrons. The Morgan fingerprint density at radius 3 is 2.06 bits per heavy atom. The molecule has 0 saturated heterocycles. The van der Waals surface area contributed by atoms with E-state index in [1.54, 1.807) is 0 Å². The highest BCUT2D eigenvalue weighted by Crippen LogP contribution is 2.10. The average Bonchev–Trinajstić information content (AvgIpc) is 2.38. The Balaban J connectivity index is 3.60. The predicted molar refractivity (Wildman–Crippen MR) is 78.0 cm³/mol.